The third-order valence-corrected chi connectivity index (χ3v) is 7.41. The Morgan fingerprint density at radius 1 is 1.05 bits per heavy atom. The molecule has 2 heterocycles. The molecule has 214 valence electrons. The second-order valence-electron chi connectivity index (χ2n) is 11.3. The first-order valence-corrected chi connectivity index (χ1v) is 12.7. The van der Waals surface area contributed by atoms with Crippen LogP contribution in [0.2, 0.25) is 0 Å². The maximum Gasteiger partial charge on any atom is 0.586 e. The SMILES string of the molecule is CC(C)(C)c1cc2cc(NC(=O)C3(c4ccc5c(c4)OC(F)(F)O5)CC3)ccc2n1C[C@@H](O)[C@H](O)[C@@H](O)CO.[HH].[HH]. The van der Waals surface area contributed by atoms with Crippen molar-refractivity contribution in [1.29, 1.82) is 0 Å². The Morgan fingerprint density at radius 2 is 1.74 bits per heavy atom. The lowest BCUT2D eigenvalue weighted by molar-refractivity contribution is -0.286. The van der Waals surface area contributed by atoms with E-state index in [0.29, 0.717) is 24.1 Å². The minimum atomic E-state index is -3.73. The molecule has 39 heavy (non-hydrogen) atoms. The van der Waals surface area contributed by atoms with Gasteiger partial charge in [-0.25, -0.2) is 0 Å². The van der Waals surface area contributed by atoms with Crippen molar-refractivity contribution in [3.63, 3.8) is 0 Å². The molecule has 0 radical (unpaired) electrons. The lowest BCUT2D eigenvalue weighted by atomic mass is 9.92. The number of carbonyl (C=O) groups is 1. The number of anilines is 1. The summed E-state index contributed by atoms with van der Waals surface area (Å²) in [5.41, 5.74) is 1.53. The molecule has 1 saturated carbocycles. The zero-order valence-electron chi connectivity index (χ0n) is 21.8. The molecule has 5 N–H and O–H groups in total. The molecule has 2 aromatic carbocycles. The molecule has 0 saturated heterocycles. The lowest BCUT2D eigenvalue weighted by Crippen LogP contribution is -2.42. The second-order valence-corrected chi connectivity index (χ2v) is 11.3. The van der Waals surface area contributed by atoms with Crippen molar-refractivity contribution in [1.82, 2.24) is 4.57 Å². The Kier molecular flexibility index (Phi) is 6.61. The van der Waals surface area contributed by atoms with Crippen molar-refractivity contribution in [2.75, 3.05) is 11.9 Å². The number of aliphatic hydroxyl groups excluding tert-OH is 4. The van der Waals surface area contributed by atoms with Crippen molar-refractivity contribution in [2.45, 2.75) is 75.6 Å². The first-order chi connectivity index (χ1) is 18.2. The van der Waals surface area contributed by atoms with E-state index in [0.717, 1.165) is 16.6 Å². The molecule has 1 amide bonds. The van der Waals surface area contributed by atoms with E-state index in [2.05, 4.69) is 14.8 Å². The summed E-state index contributed by atoms with van der Waals surface area (Å²) in [4.78, 5) is 13.4. The van der Waals surface area contributed by atoms with E-state index in [-0.39, 0.29) is 32.2 Å². The average molecular weight is 551 g/mol. The minimum Gasteiger partial charge on any atom is -0.395 e. The fraction of sp³-hybridized carbons (Fsp3) is 0.464. The third kappa shape index (κ3) is 5.07. The molecular formula is C28H36F2N2O7. The Hall–Kier alpha value is -3.25. The molecule has 1 aromatic heterocycles. The lowest BCUT2D eigenvalue weighted by Gasteiger charge is -2.27. The van der Waals surface area contributed by atoms with E-state index < -0.39 is 36.6 Å². The van der Waals surface area contributed by atoms with Crippen molar-refractivity contribution in [2.24, 2.45) is 0 Å². The summed E-state index contributed by atoms with van der Waals surface area (Å²) >= 11 is 0. The number of ether oxygens (including phenoxy) is 2. The third-order valence-electron chi connectivity index (χ3n) is 7.41. The largest absolute Gasteiger partial charge is 0.586 e. The Morgan fingerprint density at radius 3 is 2.38 bits per heavy atom. The van der Waals surface area contributed by atoms with Gasteiger partial charge in [-0.15, -0.1) is 8.78 Å². The van der Waals surface area contributed by atoms with Gasteiger partial charge in [0, 0.05) is 30.6 Å². The summed E-state index contributed by atoms with van der Waals surface area (Å²) in [7, 11) is 0. The smallest absolute Gasteiger partial charge is 0.395 e. The normalized spacial score (nSPS) is 19.5. The number of halogens is 2. The van der Waals surface area contributed by atoms with E-state index in [1.54, 1.807) is 24.3 Å². The number of hydrogen-bond donors (Lipinski definition) is 5. The molecule has 1 fully saturated rings. The highest BCUT2D eigenvalue weighted by Gasteiger charge is 2.52. The number of nitrogens with one attached hydrogen (secondary N) is 1. The fourth-order valence-electron chi connectivity index (χ4n) is 5.10. The Bertz CT molecular complexity index is 1420. The van der Waals surface area contributed by atoms with Crippen LogP contribution in [0.4, 0.5) is 14.5 Å². The summed E-state index contributed by atoms with van der Waals surface area (Å²) < 4.78 is 37.8. The molecule has 3 atom stereocenters. The van der Waals surface area contributed by atoms with Crippen molar-refractivity contribution in [3.8, 4) is 11.5 Å². The van der Waals surface area contributed by atoms with Crippen molar-refractivity contribution in [3.05, 3.63) is 53.7 Å². The van der Waals surface area contributed by atoms with Gasteiger partial charge < -0.3 is 39.8 Å². The number of carbonyl (C=O) groups excluding carboxylic acids is 1. The number of alkyl halides is 2. The summed E-state index contributed by atoms with van der Waals surface area (Å²) in [5.74, 6) is -0.444. The predicted molar refractivity (Wildman–Crippen MR) is 142 cm³/mol. The van der Waals surface area contributed by atoms with Crippen LogP contribution in [-0.2, 0) is 22.2 Å². The summed E-state index contributed by atoms with van der Waals surface area (Å²) in [6.45, 7) is 5.31. The standard InChI is InChI=1S/C28H32F2N2O7.2H2/c1-26(2,3)23-11-15-10-17(5-6-18(15)32(23)13-19(34)24(36)20(35)14-33)31-25(37)27(8-9-27)16-4-7-21-22(12-16)39-28(29,30)38-21;;/h4-7,10-12,19-20,24,33-36H,8-9,13-14H2,1-3H3,(H,31,37);2*1H/t19-,20+,24+;;/m1../s1. The number of benzene rings is 2. The molecule has 1 aliphatic carbocycles. The van der Waals surface area contributed by atoms with Gasteiger partial charge in [0.25, 0.3) is 0 Å². The predicted octanol–water partition coefficient (Wildman–Crippen LogP) is 3.50. The molecule has 9 nitrogen and oxygen atoms in total. The van der Waals surface area contributed by atoms with Gasteiger partial charge in [0.1, 0.15) is 18.3 Å². The van der Waals surface area contributed by atoms with Crippen LogP contribution in [0, 0.1) is 0 Å². The van der Waals surface area contributed by atoms with Crippen LogP contribution in [0.1, 0.15) is 47.7 Å². The monoisotopic (exact) mass is 550 g/mol. The summed E-state index contributed by atoms with van der Waals surface area (Å²) in [6.07, 6.45) is -6.96. The molecule has 0 unspecified atom stereocenters. The van der Waals surface area contributed by atoms with Gasteiger partial charge in [-0.05, 0) is 54.8 Å². The van der Waals surface area contributed by atoms with Crippen LogP contribution in [-0.4, -0.2) is 62.1 Å². The highest BCUT2D eigenvalue weighted by molar-refractivity contribution is 6.02. The van der Waals surface area contributed by atoms with Gasteiger partial charge in [-0.2, -0.15) is 0 Å². The van der Waals surface area contributed by atoms with Gasteiger partial charge in [-0.1, -0.05) is 26.8 Å². The van der Waals surface area contributed by atoms with Crippen LogP contribution in [0.25, 0.3) is 10.9 Å². The number of nitrogens with zero attached hydrogens (tertiary/aromatic N) is 1. The molecule has 1 aliphatic heterocycles. The first-order valence-electron chi connectivity index (χ1n) is 12.7. The maximum absolute atomic E-state index is 13.4. The highest BCUT2D eigenvalue weighted by Crippen LogP contribution is 2.52. The van der Waals surface area contributed by atoms with E-state index in [4.69, 9.17) is 5.11 Å². The maximum atomic E-state index is 13.4. The van der Waals surface area contributed by atoms with Crippen molar-refractivity contribution < 1.29 is 46.3 Å². The zero-order valence-corrected chi connectivity index (χ0v) is 21.8. The van der Waals surface area contributed by atoms with Crippen molar-refractivity contribution >= 4 is 22.5 Å². The molecule has 5 rings (SSSR count). The summed E-state index contributed by atoms with van der Waals surface area (Å²) in [6, 6.07) is 11.7. The van der Waals surface area contributed by atoms with Gasteiger partial charge in [0.15, 0.2) is 11.5 Å². The molecule has 3 aromatic rings. The second kappa shape index (κ2) is 9.44. The van der Waals surface area contributed by atoms with E-state index >= 15 is 0 Å². The van der Waals surface area contributed by atoms with Crippen LogP contribution >= 0.6 is 0 Å². The number of hydrogen-bond acceptors (Lipinski definition) is 7. The quantitative estimate of drug-likeness (QED) is 0.290. The van der Waals surface area contributed by atoms with Gasteiger partial charge in [-0.3, -0.25) is 4.79 Å². The van der Waals surface area contributed by atoms with Crippen LogP contribution < -0.4 is 14.8 Å². The zero-order chi connectivity index (χ0) is 28.3. The average Bonchev–Trinajstić information content (AvgIpc) is 3.51. The molecule has 0 spiro atoms. The Labute approximate surface area is 226 Å². The van der Waals surface area contributed by atoms with E-state index in [9.17, 15) is 28.9 Å². The number of fused-ring (bicyclic) bond motifs is 2. The van der Waals surface area contributed by atoms with Gasteiger partial charge in [0.2, 0.25) is 5.91 Å². The topological polar surface area (TPSA) is 133 Å². The number of rotatable bonds is 8. The van der Waals surface area contributed by atoms with Crippen LogP contribution in [0.15, 0.2) is 42.5 Å². The molecule has 11 heteroatoms. The van der Waals surface area contributed by atoms with Crippen LogP contribution in [0.5, 0.6) is 11.5 Å². The molecule has 2 aliphatic rings. The van der Waals surface area contributed by atoms with Gasteiger partial charge in [0.05, 0.1) is 18.6 Å². The minimum absolute atomic E-state index is 0. The number of aromatic nitrogens is 1. The number of aliphatic hydroxyl groups is 4. The highest BCUT2D eigenvalue weighted by atomic mass is 19.3. The van der Waals surface area contributed by atoms with Gasteiger partial charge >= 0.3 is 6.29 Å². The number of amides is 1. The molecule has 0 bridgehead atoms. The van der Waals surface area contributed by atoms with Crippen LogP contribution in [0.3, 0.4) is 0 Å². The fourth-order valence-corrected chi connectivity index (χ4v) is 5.10. The summed E-state index contributed by atoms with van der Waals surface area (Å²) in [5, 5.41) is 43.3. The molecular weight excluding hydrogens is 514 g/mol. The Balaban J connectivity index is 0.00000231. The first kappa shape index (κ1) is 27.3. The van der Waals surface area contributed by atoms with E-state index in [1.165, 1.54) is 12.1 Å². The van der Waals surface area contributed by atoms with E-state index in [1.807, 2.05) is 31.4 Å².